The molecule has 0 spiro atoms. The lowest BCUT2D eigenvalue weighted by molar-refractivity contribution is 0.252. The predicted molar refractivity (Wildman–Crippen MR) is 128 cm³/mol. The van der Waals surface area contributed by atoms with Gasteiger partial charge in [-0.05, 0) is 44.2 Å². The van der Waals surface area contributed by atoms with Gasteiger partial charge in [-0.15, -0.1) is 24.0 Å². The Morgan fingerprint density at radius 2 is 2.00 bits per heavy atom. The van der Waals surface area contributed by atoms with Gasteiger partial charge in [-0.3, -0.25) is 9.89 Å². The van der Waals surface area contributed by atoms with Crippen LogP contribution >= 0.6 is 24.0 Å². The molecule has 0 aromatic heterocycles. The van der Waals surface area contributed by atoms with Gasteiger partial charge in [-0.2, -0.15) is 0 Å². The van der Waals surface area contributed by atoms with E-state index < -0.39 is 9.84 Å². The molecular weight excluding hydrogens is 487 g/mol. The fourth-order valence-corrected chi connectivity index (χ4v) is 4.03. The summed E-state index contributed by atoms with van der Waals surface area (Å²) in [6, 6.07) is 8.76. The molecule has 0 radical (unpaired) electrons. The molecule has 8 heteroatoms. The van der Waals surface area contributed by atoms with Crippen molar-refractivity contribution in [2.45, 2.75) is 45.7 Å². The Hall–Kier alpha value is -0.870. The summed E-state index contributed by atoms with van der Waals surface area (Å²) in [5.41, 5.74) is 2.93. The molecule has 2 N–H and O–H groups in total. The molecule has 1 heterocycles. The largest absolute Gasteiger partial charge is 0.357 e. The van der Waals surface area contributed by atoms with Crippen LogP contribution in [0.1, 0.15) is 37.8 Å². The van der Waals surface area contributed by atoms with Crippen molar-refractivity contribution in [3.63, 3.8) is 0 Å². The van der Waals surface area contributed by atoms with E-state index >= 15 is 0 Å². The van der Waals surface area contributed by atoms with Crippen molar-refractivity contribution >= 4 is 39.8 Å². The fraction of sp³-hybridized carbons (Fsp3) is 0.650. The van der Waals surface area contributed by atoms with Crippen LogP contribution in [0.25, 0.3) is 0 Å². The minimum atomic E-state index is -2.93. The first-order chi connectivity index (χ1) is 12.9. The zero-order chi connectivity index (χ0) is 19.7. The first kappa shape index (κ1) is 25.2. The van der Waals surface area contributed by atoms with Crippen LogP contribution in [0.5, 0.6) is 0 Å². The minimum Gasteiger partial charge on any atom is -0.357 e. The van der Waals surface area contributed by atoms with Crippen LogP contribution in [0, 0.1) is 0 Å². The molecule has 0 fully saturated rings. The molecule has 0 saturated carbocycles. The number of fused-ring (bicyclic) bond motifs is 1. The summed E-state index contributed by atoms with van der Waals surface area (Å²) in [7, 11) is -2.93. The number of rotatable bonds is 9. The lowest BCUT2D eigenvalue weighted by Gasteiger charge is -2.28. The van der Waals surface area contributed by atoms with Crippen molar-refractivity contribution < 1.29 is 8.42 Å². The van der Waals surface area contributed by atoms with E-state index in [4.69, 9.17) is 0 Å². The maximum atomic E-state index is 11.3. The number of benzene rings is 1. The highest BCUT2D eigenvalue weighted by molar-refractivity contribution is 14.0. The average Bonchev–Trinajstić information content (AvgIpc) is 2.63. The topological polar surface area (TPSA) is 73.8 Å². The fourth-order valence-electron chi connectivity index (χ4n) is 3.25. The second-order valence-electron chi connectivity index (χ2n) is 7.37. The molecule has 0 amide bonds. The number of hydrogen-bond donors (Lipinski definition) is 2. The van der Waals surface area contributed by atoms with E-state index in [1.165, 1.54) is 17.4 Å². The zero-order valence-electron chi connectivity index (χ0n) is 17.3. The second kappa shape index (κ2) is 12.6. The Morgan fingerprint density at radius 1 is 1.29 bits per heavy atom. The first-order valence-corrected chi connectivity index (χ1v) is 11.9. The van der Waals surface area contributed by atoms with Crippen molar-refractivity contribution in [3.8, 4) is 0 Å². The number of hydrogen-bond acceptors (Lipinski definition) is 4. The standard InChI is InChI=1S/C20H34N4O2S.HI/c1-4-21-20(23-17(2)11-15-27(3,25)26)22-12-7-13-24-14-10-18-8-5-6-9-19(18)16-24;/h5-6,8-9,17H,4,7,10-16H2,1-3H3,(H2,21,22,23);1H. The van der Waals surface area contributed by atoms with Crippen LogP contribution in [0.4, 0.5) is 0 Å². The molecular formula is C20H35IN4O2S. The van der Waals surface area contributed by atoms with Gasteiger partial charge in [-0.1, -0.05) is 24.3 Å². The highest BCUT2D eigenvalue weighted by atomic mass is 127. The number of sulfone groups is 1. The third-order valence-corrected chi connectivity index (χ3v) is 5.74. The summed E-state index contributed by atoms with van der Waals surface area (Å²) in [6.45, 7) is 8.75. The van der Waals surface area contributed by atoms with E-state index in [1.54, 1.807) is 0 Å². The molecule has 2 rings (SSSR count). The van der Waals surface area contributed by atoms with E-state index in [9.17, 15) is 8.42 Å². The highest BCUT2D eigenvalue weighted by Crippen LogP contribution is 2.18. The van der Waals surface area contributed by atoms with Crippen LogP contribution in [-0.4, -0.2) is 63.5 Å². The summed E-state index contributed by atoms with van der Waals surface area (Å²) in [5, 5.41) is 6.54. The van der Waals surface area contributed by atoms with Crippen LogP contribution in [0.15, 0.2) is 29.3 Å². The smallest absolute Gasteiger partial charge is 0.191 e. The van der Waals surface area contributed by atoms with E-state index in [-0.39, 0.29) is 35.8 Å². The minimum absolute atomic E-state index is 0. The van der Waals surface area contributed by atoms with Gasteiger partial charge >= 0.3 is 0 Å². The average molecular weight is 522 g/mol. The third kappa shape index (κ3) is 9.56. The lowest BCUT2D eigenvalue weighted by atomic mass is 10.00. The Labute approximate surface area is 187 Å². The molecule has 1 atom stereocenters. The quantitative estimate of drug-likeness (QED) is 0.226. The Morgan fingerprint density at radius 3 is 2.68 bits per heavy atom. The maximum Gasteiger partial charge on any atom is 0.191 e. The Balaban J connectivity index is 0.00000392. The second-order valence-corrected chi connectivity index (χ2v) is 9.63. The summed E-state index contributed by atoms with van der Waals surface area (Å²) in [6.07, 6.45) is 3.99. The lowest BCUT2D eigenvalue weighted by Crippen LogP contribution is -2.43. The van der Waals surface area contributed by atoms with Gasteiger partial charge in [0.05, 0.1) is 5.75 Å². The van der Waals surface area contributed by atoms with Gasteiger partial charge < -0.3 is 10.6 Å². The van der Waals surface area contributed by atoms with Crippen LogP contribution in [-0.2, 0) is 22.8 Å². The number of nitrogens with one attached hydrogen (secondary N) is 2. The molecule has 6 nitrogen and oxygen atoms in total. The molecule has 1 unspecified atom stereocenters. The van der Waals surface area contributed by atoms with Crippen molar-refractivity contribution in [2.75, 3.05) is 38.2 Å². The van der Waals surface area contributed by atoms with Gasteiger partial charge in [-0.25, -0.2) is 8.42 Å². The molecule has 0 aliphatic carbocycles. The molecule has 1 aromatic rings. The van der Waals surface area contributed by atoms with Crippen molar-refractivity contribution in [3.05, 3.63) is 35.4 Å². The molecule has 0 bridgehead atoms. The van der Waals surface area contributed by atoms with Crippen LogP contribution in [0.2, 0.25) is 0 Å². The Kier molecular flexibility index (Phi) is 11.4. The summed E-state index contributed by atoms with van der Waals surface area (Å²) in [4.78, 5) is 7.14. The van der Waals surface area contributed by atoms with E-state index in [0.717, 1.165) is 51.5 Å². The maximum absolute atomic E-state index is 11.3. The molecule has 1 aliphatic rings. The summed E-state index contributed by atoms with van der Waals surface area (Å²) in [5.74, 6) is 0.958. The molecule has 160 valence electrons. The molecule has 0 saturated heterocycles. The van der Waals surface area contributed by atoms with Gasteiger partial charge in [0.2, 0.25) is 0 Å². The van der Waals surface area contributed by atoms with E-state index in [2.05, 4.69) is 44.8 Å². The zero-order valence-corrected chi connectivity index (χ0v) is 20.4. The summed E-state index contributed by atoms with van der Waals surface area (Å²) >= 11 is 0. The molecule has 1 aliphatic heterocycles. The van der Waals surface area contributed by atoms with Crippen LogP contribution < -0.4 is 10.6 Å². The van der Waals surface area contributed by atoms with Gasteiger partial charge in [0, 0.05) is 45.0 Å². The van der Waals surface area contributed by atoms with Crippen molar-refractivity contribution in [2.24, 2.45) is 4.99 Å². The molecule has 1 aromatic carbocycles. The molecule has 28 heavy (non-hydrogen) atoms. The number of halogens is 1. The monoisotopic (exact) mass is 522 g/mol. The Bertz CT molecular complexity index is 725. The van der Waals surface area contributed by atoms with Crippen molar-refractivity contribution in [1.82, 2.24) is 15.5 Å². The highest BCUT2D eigenvalue weighted by Gasteiger charge is 2.15. The van der Waals surface area contributed by atoms with Gasteiger partial charge in [0.1, 0.15) is 9.84 Å². The van der Waals surface area contributed by atoms with Crippen molar-refractivity contribution in [1.29, 1.82) is 0 Å². The van der Waals surface area contributed by atoms with E-state index in [0.29, 0.717) is 6.42 Å². The number of aliphatic imine (C=N–C) groups is 1. The normalized spacial score (nSPS) is 16.0. The van der Waals surface area contributed by atoms with Crippen LogP contribution in [0.3, 0.4) is 0 Å². The SMILES string of the molecule is CCNC(=NCCCN1CCc2ccccc2C1)NC(C)CCS(C)(=O)=O.I. The van der Waals surface area contributed by atoms with Gasteiger partial charge in [0.25, 0.3) is 0 Å². The third-order valence-electron chi connectivity index (χ3n) is 4.76. The first-order valence-electron chi connectivity index (χ1n) is 9.89. The predicted octanol–water partition coefficient (Wildman–Crippen LogP) is 2.43. The summed E-state index contributed by atoms with van der Waals surface area (Å²) < 4.78 is 22.6. The van der Waals surface area contributed by atoms with E-state index in [1.807, 2.05) is 13.8 Å². The number of guanidine groups is 1. The van der Waals surface area contributed by atoms with Gasteiger partial charge in [0.15, 0.2) is 5.96 Å². The number of nitrogens with zero attached hydrogens (tertiary/aromatic N) is 2.